The lowest BCUT2D eigenvalue weighted by Gasteiger charge is -2.25. The molecular weight excluding hydrogens is 642 g/mol. The number of sulfonamides is 1. The molecule has 1 aliphatic carbocycles. The highest BCUT2D eigenvalue weighted by molar-refractivity contribution is 7.89. The summed E-state index contributed by atoms with van der Waals surface area (Å²) in [6, 6.07) is -0.0486. The van der Waals surface area contributed by atoms with Crippen molar-refractivity contribution in [3.05, 3.63) is 29.8 Å². The van der Waals surface area contributed by atoms with Crippen LogP contribution in [-0.2, 0) is 27.7 Å². The number of nitrogens with one attached hydrogen (secondary N) is 1. The predicted molar refractivity (Wildman–Crippen MR) is 144 cm³/mol. The Hall–Kier alpha value is -3.25. The summed E-state index contributed by atoms with van der Waals surface area (Å²) >= 11 is 0.866. The van der Waals surface area contributed by atoms with E-state index < -0.39 is 57.1 Å². The van der Waals surface area contributed by atoms with Crippen molar-refractivity contribution >= 4 is 27.3 Å². The van der Waals surface area contributed by atoms with Crippen LogP contribution in [0.5, 0.6) is 5.75 Å². The molecule has 2 N–H and O–H groups in total. The van der Waals surface area contributed by atoms with Crippen LogP contribution >= 0.6 is 11.3 Å². The van der Waals surface area contributed by atoms with Gasteiger partial charge in [0, 0.05) is 18.1 Å². The van der Waals surface area contributed by atoms with Crippen LogP contribution in [0.2, 0.25) is 0 Å². The zero-order valence-corrected chi connectivity index (χ0v) is 25.2. The number of carboxylic acids is 1. The van der Waals surface area contributed by atoms with Crippen molar-refractivity contribution in [1.82, 2.24) is 19.9 Å². The lowest BCUT2D eigenvalue weighted by Crippen LogP contribution is -2.44. The first-order valence-corrected chi connectivity index (χ1v) is 15.6. The van der Waals surface area contributed by atoms with E-state index in [2.05, 4.69) is 19.9 Å². The molecule has 2 heterocycles. The molecule has 18 heteroatoms. The van der Waals surface area contributed by atoms with Gasteiger partial charge < -0.3 is 14.3 Å². The lowest BCUT2D eigenvalue weighted by atomic mass is 9.82. The Balaban J connectivity index is 1.78. The van der Waals surface area contributed by atoms with Crippen molar-refractivity contribution < 1.29 is 53.8 Å². The summed E-state index contributed by atoms with van der Waals surface area (Å²) < 4.78 is 117. The molecular formula is C26H28F6N4O6S2. The molecule has 1 aliphatic rings. The Labute approximate surface area is 251 Å². The Bertz CT molecular complexity index is 1610. The number of thiazole rings is 1. The van der Waals surface area contributed by atoms with E-state index in [0.717, 1.165) is 49.7 Å². The summed E-state index contributed by atoms with van der Waals surface area (Å²) in [6.07, 6.45) is -7.93. The highest BCUT2D eigenvalue weighted by Gasteiger charge is 2.41. The summed E-state index contributed by atoms with van der Waals surface area (Å²) in [7, 11) is -4.92. The van der Waals surface area contributed by atoms with Crippen LogP contribution in [-0.4, -0.2) is 53.3 Å². The average Bonchev–Trinajstić information content (AvgIpc) is 3.49. The molecule has 0 saturated heterocycles. The first-order chi connectivity index (χ1) is 20.3. The molecule has 0 spiro atoms. The van der Waals surface area contributed by atoms with Crippen LogP contribution in [0.1, 0.15) is 58.0 Å². The van der Waals surface area contributed by atoms with Gasteiger partial charge in [-0.3, -0.25) is 4.79 Å². The molecule has 4 rings (SSSR count). The highest BCUT2D eigenvalue weighted by Crippen LogP contribution is 2.44. The van der Waals surface area contributed by atoms with E-state index in [1.807, 2.05) is 0 Å². The normalized spacial score (nSPS) is 15.7. The number of aliphatic carboxylic acids is 1. The Morgan fingerprint density at radius 3 is 2.41 bits per heavy atom. The van der Waals surface area contributed by atoms with Crippen LogP contribution in [0.25, 0.3) is 21.3 Å². The molecule has 2 aromatic heterocycles. The predicted octanol–water partition coefficient (Wildman–Crippen LogP) is 6.37. The topological polar surface area (TPSA) is 145 Å². The minimum atomic E-state index is -5.28. The van der Waals surface area contributed by atoms with E-state index in [1.54, 1.807) is 0 Å². The van der Waals surface area contributed by atoms with Gasteiger partial charge >= 0.3 is 18.5 Å². The van der Waals surface area contributed by atoms with Gasteiger partial charge in [0.25, 0.3) is 5.89 Å². The Morgan fingerprint density at radius 2 is 1.86 bits per heavy atom. The molecule has 1 atom stereocenters. The fourth-order valence-corrected chi connectivity index (χ4v) is 6.70. The number of alkyl halides is 6. The van der Waals surface area contributed by atoms with Crippen molar-refractivity contribution in [3.63, 3.8) is 0 Å². The molecule has 0 amide bonds. The number of nitrogens with zero attached hydrogens (tertiary/aromatic N) is 3. The minimum Gasteiger partial charge on any atom is -0.481 e. The van der Waals surface area contributed by atoms with Gasteiger partial charge in [0.15, 0.2) is 5.01 Å². The van der Waals surface area contributed by atoms with Crippen LogP contribution < -0.4 is 9.46 Å². The van der Waals surface area contributed by atoms with Gasteiger partial charge in [-0.15, -0.1) is 34.7 Å². The summed E-state index contributed by atoms with van der Waals surface area (Å²) in [5.41, 5.74) is -1.08. The zero-order valence-electron chi connectivity index (χ0n) is 23.5. The summed E-state index contributed by atoms with van der Waals surface area (Å²) in [4.78, 5) is 15.3. The third-order valence-electron chi connectivity index (χ3n) is 7.06. The van der Waals surface area contributed by atoms with Crippen LogP contribution in [0.15, 0.2) is 27.5 Å². The third kappa shape index (κ3) is 7.87. The number of carboxylic acid groups (broad SMARTS) is 1. The van der Waals surface area contributed by atoms with Crippen LogP contribution in [0, 0.1) is 11.3 Å². The second-order valence-corrected chi connectivity index (χ2v) is 13.7. The third-order valence-corrected chi connectivity index (χ3v) is 9.65. The van der Waals surface area contributed by atoms with E-state index in [-0.39, 0.29) is 39.6 Å². The molecule has 0 aliphatic heterocycles. The van der Waals surface area contributed by atoms with Gasteiger partial charge in [-0.05, 0) is 44.7 Å². The van der Waals surface area contributed by atoms with Gasteiger partial charge in [0.05, 0.1) is 20.9 Å². The Morgan fingerprint density at radius 1 is 1.18 bits per heavy atom. The van der Waals surface area contributed by atoms with Gasteiger partial charge in [0.2, 0.25) is 15.9 Å². The van der Waals surface area contributed by atoms with E-state index in [1.165, 1.54) is 18.6 Å². The smallest absolute Gasteiger partial charge is 0.481 e. The number of ether oxygens (including phenoxy) is 1. The number of rotatable bonds is 12. The molecule has 1 fully saturated rings. The molecule has 1 unspecified atom stereocenters. The molecule has 1 aromatic carbocycles. The maximum absolute atomic E-state index is 13.5. The van der Waals surface area contributed by atoms with E-state index >= 15 is 0 Å². The standard InChI is InChI=1S/C26H28F6N4O6S2/c1-4-18(25(27,28)29)36-44(39,40)14-8-9-15(17(11-14)42-26(30,31)32)20-16(10-13-6-5-7-13)33-22(43-20)21-35-34-19(41-21)12-24(2,3)23(37)38/h8-9,11,13,18,36H,4-7,10,12H2,1-3H3,(H,37,38). The molecule has 44 heavy (non-hydrogen) atoms. The van der Waals surface area contributed by atoms with Crippen molar-refractivity contribution in [3.8, 4) is 27.1 Å². The molecule has 242 valence electrons. The fraction of sp³-hybridized carbons (Fsp3) is 0.538. The van der Waals surface area contributed by atoms with Gasteiger partial charge in [-0.25, -0.2) is 13.4 Å². The van der Waals surface area contributed by atoms with E-state index in [9.17, 15) is 44.7 Å². The van der Waals surface area contributed by atoms with Gasteiger partial charge in [0.1, 0.15) is 11.8 Å². The van der Waals surface area contributed by atoms with Crippen molar-refractivity contribution in [1.29, 1.82) is 0 Å². The van der Waals surface area contributed by atoms with Gasteiger partial charge in [-0.1, -0.05) is 26.2 Å². The second kappa shape index (κ2) is 12.3. The van der Waals surface area contributed by atoms with E-state index in [4.69, 9.17) is 4.42 Å². The summed E-state index contributed by atoms with van der Waals surface area (Å²) in [5, 5.41) is 17.3. The quantitative estimate of drug-likeness (QED) is 0.210. The average molecular weight is 671 g/mol. The number of hydrogen-bond donors (Lipinski definition) is 2. The first-order valence-electron chi connectivity index (χ1n) is 13.3. The largest absolute Gasteiger partial charge is 0.573 e. The zero-order chi connectivity index (χ0) is 32.7. The monoisotopic (exact) mass is 670 g/mol. The SMILES string of the molecule is CCC(NS(=O)(=O)c1ccc(-c2sc(-c3nnc(CC(C)(C)C(=O)O)o3)nc2CC2CCC2)c(OC(F)(F)F)c1)C(F)(F)F. The van der Waals surface area contributed by atoms with Crippen molar-refractivity contribution in [2.24, 2.45) is 11.3 Å². The molecule has 0 bridgehead atoms. The summed E-state index contributed by atoms with van der Waals surface area (Å²) in [5.74, 6) is -1.98. The van der Waals surface area contributed by atoms with Gasteiger partial charge in [-0.2, -0.15) is 17.9 Å². The second-order valence-electron chi connectivity index (χ2n) is 11.0. The van der Waals surface area contributed by atoms with E-state index in [0.29, 0.717) is 18.2 Å². The summed E-state index contributed by atoms with van der Waals surface area (Å²) in [6.45, 7) is 4.03. The van der Waals surface area contributed by atoms with Crippen molar-refractivity contribution in [2.45, 2.75) is 82.8 Å². The highest BCUT2D eigenvalue weighted by atomic mass is 32.2. The molecule has 1 saturated carbocycles. The minimum absolute atomic E-state index is 0.00270. The first kappa shape index (κ1) is 33.6. The number of benzene rings is 1. The number of carbonyl (C=O) groups is 1. The lowest BCUT2D eigenvalue weighted by molar-refractivity contribution is -0.274. The fourth-order valence-electron chi connectivity index (χ4n) is 4.33. The van der Waals surface area contributed by atoms with Crippen LogP contribution in [0.4, 0.5) is 26.3 Å². The number of halogens is 6. The number of hydrogen-bond acceptors (Lipinski definition) is 9. The maximum Gasteiger partial charge on any atom is 0.573 e. The number of aromatic nitrogens is 3. The Kier molecular flexibility index (Phi) is 9.38. The maximum atomic E-state index is 13.5. The molecule has 0 radical (unpaired) electrons. The van der Waals surface area contributed by atoms with Crippen LogP contribution in [0.3, 0.4) is 0 Å². The molecule has 10 nitrogen and oxygen atoms in total. The molecule has 3 aromatic rings. The van der Waals surface area contributed by atoms with Crippen molar-refractivity contribution in [2.75, 3.05) is 0 Å².